The molecule has 0 radical (unpaired) electrons. The zero-order chi connectivity index (χ0) is 13.2. The van der Waals surface area contributed by atoms with Crippen molar-refractivity contribution in [1.29, 1.82) is 0 Å². The maximum atomic E-state index is 4.60. The van der Waals surface area contributed by atoms with E-state index in [1.165, 1.54) is 19.3 Å². The summed E-state index contributed by atoms with van der Waals surface area (Å²) in [5, 5.41) is 3.35. The van der Waals surface area contributed by atoms with Crippen molar-refractivity contribution in [2.24, 2.45) is 10.4 Å². The highest BCUT2D eigenvalue weighted by molar-refractivity contribution is 5.93. The van der Waals surface area contributed by atoms with Crippen LogP contribution in [0.25, 0.3) is 0 Å². The van der Waals surface area contributed by atoms with Crippen molar-refractivity contribution in [3.63, 3.8) is 0 Å². The van der Waals surface area contributed by atoms with E-state index >= 15 is 0 Å². The zero-order valence-electron chi connectivity index (χ0n) is 11.9. The van der Waals surface area contributed by atoms with Crippen LogP contribution in [-0.2, 0) is 0 Å². The molecule has 102 valence electrons. The molecule has 18 heavy (non-hydrogen) atoms. The lowest BCUT2D eigenvalue weighted by Crippen LogP contribution is -2.38. The number of nitrogens with zero attached hydrogens (tertiary/aromatic N) is 2. The minimum Gasteiger partial charge on any atom is -0.353 e. The molecular weight excluding hydrogens is 222 g/mol. The van der Waals surface area contributed by atoms with Crippen molar-refractivity contribution >= 4 is 5.71 Å². The molecule has 1 heterocycles. The fourth-order valence-corrected chi connectivity index (χ4v) is 3.52. The van der Waals surface area contributed by atoms with Gasteiger partial charge in [0.25, 0.3) is 0 Å². The largest absolute Gasteiger partial charge is 0.353 e. The fraction of sp³-hybridized carbons (Fsp3) is 0.667. The Bertz CT molecular complexity index is 389. The third-order valence-corrected chi connectivity index (χ3v) is 4.22. The van der Waals surface area contributed by atoms with E-state index in [1.54, 1.807) is 0 Å². The predicted molar refractivity (Wildman–Crippen MR) is 79.9 cm³/mol. The highest BCUT2D eigenvalue weighted by atomic mass is 15.3. The molecule has 2 rings (SSSR count). The van der Waals surface area contributed by atoms with Crippen LogP contribution in [0.4, 0.5) is 0 Å². The van der Waals surface area contributed by atoms with Crippen LogP contribution in [0.2, 0.25) is 0 Å². The van der Waals surface area contributed by atoms with Crippen LogP contribution >= 0.6 is 0 Å². The van der Waals surface area contributed by atoms with Gasteiger partial charge in [0.05, 0.1) is 0 Å². The summed E-state index contributed by atoms with van der Waals surface area (Å²) in [6.45, 7) is 10.4. The van der Waals surface area contributed by atoms with Crippen LogP contribution in [0, 0.1) is 5.41 Å². The Hall–Kier alpha value is -1.09. The molecule has 0 spiro atoms. The standard InChI is InChI=1S/C15H25N3.H2/c1-5-6-12(2)17-13(3)18-11-15(10-16-4)8-7-14(18)9-15;/h5-6,14,16H,3,7-11H2,1-2,4H3;1H/b6-5-,17-12-;. The van der Waals surface area contributed by atoms with Gasteiger partial charge in [0.15, 0.2) is 0 Å². The van der Waals surface area contributed by atoms with E-state index in [9.17, 15) is 0 Å². The highest BCUT2D eigenvalue weighted by Crippen LogP contribution is 2.48. The van der Waals surface area contributed by atoms with Crippen LogP contribution in [0.5, 0.6) is 0 Å². The van der Waals surface area contributed by atoms with Gasteiger partial charge in [0, 0.05) is 31.7 Å². The van der Waals surface area contributed by atoms with Crippen LogP contribution in [0.15, 0.2) is 29.5 Å². The number of rotatable bonds is 5. The van der Waals surface area contributed by atoms with Gasteiger partial charge in [-0.2, -0.15) is 0 Å². The SMILES string of the molecule is C=C(/N=C(C)\C=C/C)N1CC2(CNC)CCC1C2.[HH]. The van der Waals surface area contributed by atoms with E-state index in [-0.39, 0.29) is 1.43 Å². The minimum absolute atomic E-state index is 0. The second-order valence-electron chi connectivity index (χ2n) is 5.72. The molecular formula is C15H27N3. The number of hydrogen-bond donors (Lipinski definition) is 1. The molecule has 1 saturated heterocycles. The molecule has 1 N–H and O–H groups in total. The van der Waals surface area contributed by atoms with Crippen molar-refractivity contribution in [3.8, 4) is 0 Å². The molecule has 3 nitrogen and oxygen atoms in total. The van der Waals surface area contributed by atoms with E-state index in [4.69, 9.17) is 0 Å². The summed E-state index contributed by atoms with van der Waals surface area (Å²) in [6, 6.07) is 0.660. The number of allylic oxidation sites excluding steroid dienone is 2. The average Bonchev–Trinajstić information content (AvgIpc) is 2.87. The monoisotopic (exact) mass is 249 g/mol. The molecule has 1 saturated carbocycles. The minimum atomic E-state index is 0. The van der Waals surface area contributed by atoms with Gasteiger partial charge in [-0.05, 0) is 46.2 Å². The molecule has 2 bridgehead atoms. The predicted octanol–water partition coefficient (Wildman–Crippen LogP) is 2.81. The number of piperidine rings is 1. The Balaban J connectivity index is 0.00000180. The number of likely N-dealkylation sites (tertiary alicyclic amines) is 1. The van der Waals surface area contributed by atoms with Crippen LogP contribution in [-0.4, -0.2) is 36.8 Å². The molecule has 0 aromatic heterocycles. The first-order valence-corrected chi connectivity index (χ1v) is 6.88. The van der Waals surface area contributed by atoms with Crippen molar-refractivity contribution in [2.75, 3.05) is 20.1 Å². The second-order valence-corrected chi connectivity index (χ2v) is 5.72. The van der Waals surface area contributed by atoms with Gasteiger partial charge in [-0.25, -0.2) is 4.99 Å². The van der Waals surface area contributed by atoms with Gasteiger partial charge < -0.3 is 10.2 Å². The number of nitrogens with one attached hydrogen (secondary N) is 1. The molecule has 1 aliphatic carbocycles. The van der Waals surface area contributed by atoms with Gasteiger partial charge in [-0.3, -0.25) is 0 Å². The number of hydrogen-bond acceptors (Lipinski definition) is 3. The third-order valence-electron chi connectivity index (χ3n) is 4.22. The molecule has 3 heteroatoms. The maximum Gasteiger partial charge on any atom is 0.121 e. The van der Waals surface area contributed by atoms with Crippen molar-refractivity contribution < 1.29 is 1.43 Å². The summed E-state index contributed by atoms with van der Waals surface area (Å²) < 4.78 is 0. The van der Waals surface area contributed by atoms with Gasteiger partial charge in [-0.15, -0.1) is 0 Å². The molecule has 0 amide bonds. The Morgan fingerprint density at radius 2 is 2.44 bits per heavy atom. The molecule has 2 atom stereocenters. The van der Waals surface area contributed by atoms with Crippen molar-refractivity contribution in [2.45, 2.75) is 39.2 Å². The Morgan fingerprint density at radius 3 is 3.11 bits per heavy atom. The van der Waals surface area contributed by atoms with Gasteiger partial charge in [0.1, 0.15) is 5.82 Å². The number of aliphatic imine (C=N–C) groups is 1. The Kier molecular flexibility index (Phi) is 3.91. The first-order chi connectivity index (χ1) is 8.60. The van der Waals surface area contributed by atoms with Gasteiger partial charge in [-0.1, -0.05) is 12.7 Å². The second kappa shape index (κ2) is 5.27. The lowest BCUT2D eigenvalue weighted by atomic mass is 9.87. The summed E-state index contributed by atoms with van der Waals surface area (Å²) >= 11 is 0. The smallest absolute Gasteiger partial charge is 0.121 e. The summed E-state index contributed by atoms with van der Waals surface area (Å²) in [5.74, 6) is 0.938. The normalized spacial score (nSPS) is 31.6. The van der Waals surface area contributed by atoms with Crippen LogP contribution < -0.4 is 5.32 Å². The summed E-state index contributed by atoms with van der Waals surface area (Å²) in [6.07, 6.45) is 7.98. The molecule has 0 aromatic rings. The van der Waals surface area contributed by atoms with Crippen LogP contribution in [0.1, 0.15) is 34.5 Å². The summed E-state index contributed by atoms with van der Waals surface area (Å²) in [7, 11) is 2.05. The lowest BCUT2D eigenvalue weighted by Gasteiger charge is -2.33. The molecule has 2 aliphatic rings. The van der Waals surface area contributed by atoms with Crippen molar-refractivity contribution in [1.82, 2.24) is 10.2 Å². The number of fused-ring (bicyclic) bond motifs is 2. The Labute approximate surface area is 112 Å². The van der Waals surface area contributed by atoms with E-state index in [2.05, 4.69) is 21.8 Å². The topological polar surface area (TPSA) is 27.6 Å². The zero-order valence-corrected chi connectivity index (χ0v) is 11.9. The molecule has 0 aromatic carbocycles. The molecule has 2 unspecified atom stereocenters. The van der Waals surface area contributed by atoms with Gasteiger partial charge in [0.2, 0.25) is 0 Å². The van der Waals surface area contributed by atoms with E-state index in [0.29, 0.717) is 11.5 Å². The molecule has 2 fully saturated rings. The third kappa shape index (κ3) is 2.51. The average molecular weight is 249 g/mol. The quantitative estimate of drug-likeness (QED) is 0.759. The summed E-state index contributed by atoms with van der Waals surface area (Å²) in [4.78, 5) is 7.01. The van der Waals surface area contributed by atoms with Crippen LogP contribution in [0.3, 0.4) is 0 Å². The first-order valence-electron chi connectivity index (χ1n) is 6.88. The Morgan fingerprint density at radius 1 is 1.67 bits per heavy atom. The van der Waals surface area contributed by atoms with Gasteiger partial charge >= 0.3 is 0 Å². The fourth-order valence-electron chi connectivity index (χ4n) is 3.52. The van der Waals surface area contributed by atoms with E-state index in [1.807, 2.05) is 33.0 Å². The maximum absolute atomic E-state index is 4.60. The first kappa shape index (κ1) is 13.3. The lowest BCUT2D eigenvalue weighted by molar-refractivity contribution is 0.208. The molecule has 1 aliphatic heterocycles. The van der Waals surface area contributed by atoms with E-state index < -0.39 is 0 Å². The summed E-state index contributed by atoms with van der Waals surface area (Å²) in [5.41, 5.74) is 1.50. The van der Waals surface area contributed by atoms with E-state index in [0.717, 1.165) is 24.6 Å². The highest BCUT2D eigenvalue weighted by Gasteiger charge is 2.49. The van der Waals surface area contributed by atoms with Crippen molar-refractivity contribution in [3.05, 3.63) is 24.6 Å².